The Morgan fingerprint density at radius 3 is 1.49 bits per heavy atom. The summed E-state index contributed by atoms with van der Waals surface area (Å²) in [6.07, 6.45) is -20.4. The van der Waals surface area contributed by atoms with Crippen LogP contribution in [0.25, 0.3) is 0 Å². The third kappa shape index (κ3) is 28.4. The summed E-state index contributed by atoms with van der Waals surface area (Å²) in [5.74, 6) is -10.2. The molecule has 396 valence electrons. The predicted molar refractivity (Wildman–Crippen MR) is 228 cm³/mol. The molecule has 10 atom stereocenters. The lowest BCUT2D eigenvalue weighted by molar-refractivity contribution is -0.155. The minimum Gasteiger partial charge on any atom is -0.481 e. The highest BCUT2D eigenvalue weighted by molar-refractivity contribution is 5.94. The maximum Gasteiger partial charge on any atom is 0.407 e. The number of amides is 7. The van der Waals surface area contributed by atoms with Gasteiger partial charge in [0.15, 0.2) is 5.78 Å². The van der Waals surface area contributed by atoms with Crippen molar-refractivity contribution in [3.05, 3.63) is 0 Å². The van der Waals surface area contributed by atoms with Gasteiger partial charge in [-0.25, -0.2) is 4.79 Å². The molecule has 30 nitrogen and oxygen atoms in total. The van der Waals surface area contributed by atoms with E-state index in [1.54, 1.807) is 20.8 Å². The molecule has 0 saturated carbocycles. The van der Waals surface area contributed by atoms with Crippen molar-refractivity contribution in [1.29, 1.82) is 0 Å². The fourth-order valence-electron chi connectivity index (χ4n) is 5.34. The zero-order valence-corrected chi connectivity index (χ0v) is 38.2. The lowest BCUT2D eigenvalue weighted by Gasteiger charge is -2.26. The molecule has 0 aliphatic heterocycles. The van der Waals surface area contributed by atoms with Gasteiger partial charge < -0.3 is 103 Å². The van der Waals surface area contributed by atoms with Crippen LogP contribution in [-0.4, -0.2) is 235 Å². The number of hydrogen-bond acceptors (Lipinski definition) is 22. The van der Waals surface area contributed by atoms with Gasteiger partial charge in [-0.15, -0.1) is 0 Å². The van der Waals surface area contributed by atoms with E-state index in [1.165, 1.54) is 0 Å². The maximum atomic E-state index is 13.7. The number of carboxylic acids is 1. The summed E-state index contributed by atoms with van der Waals surface area (Å²) < 4.78 is 10.0. The predicted octanol–water partition coefficient (Wildman–Crippen LogP) is -9.40. The number of aliphatic carboxylic acids is 1. The van der Waals surface area contributed by atoms with E-state index in [1.807, 2.05) is 0 Å². The van der Waals surface area contributed by atoms with Crippen molar-refractivity contribution >= 4 is 59.3 Å². The molecule has 0 aliphatic carbocycles. The van der Waals surface area contributed by atoms with Crippen molar-refractivity contribution in [2.75, 3.05) is 59.1 Å². The number of Topliss-reactive ketones (excluding diaryl/α,β-unsaturated/α-hetero) is 1. The van der Waals surface area contributed by atoms with Crippen molar-refractivity contribution < 1.29 is 114 Å². The van der Waals surface area contributed by atoms with Crippen LogP contribution in [0, 0.1) is 5.92 Å². The van der Waals surface area contributed by atoms with Crippen molar-refractivity contribution in [1.82, 2.24) is 37.2 Å². The minimum absolute atomic E-state index is 0.263. The van der Waals surface area contributed by atoms with E-state index >= 15 is 0 Å². The Morgan fingerprint density at radius 1 is 0.536 bits per heavy atom. The molecule has 2 unspecified atom stereocenters. The number of carbonyl (C=O) groups excluding carboxylic acids is 9. The Bertz CT molecular complexity index is 1700. The third-order valence-electron chi connectivity index (χ3n) is 9.21. The van der Waals surface area contributed by atoms with Gasteiger partial charge in [0, 0.05) is 44.8 Å². The van der Waals surface area contributed by atoms with Crippen molar-refractivity contribution in [2.24, 2.45) is 5.92 Å². The van der Waals surface area contributed by atoms with Crippen LogP contribution in [0.2, 0.25) is 0 Å². The first-order valence-electron chi connectivity index (χ1n) is 21.3. The maximum absolute atomic E-state index is 13.7. The molecule has 0 radical (unpaired) electrons. The monoisotopic (exact) mass is 1000 g/mol. The highest BCUT2D eigenvalue weighted by atomic mass is 16.6. The molecule has 0 aromatic heterocycles. The smallest absolute Gasteiger partial charge is 0.407 e. The van der Waals surface area contributed by atoms with Gasteiger partial charge in [-0.2, -0.15) is 0 Å². The van der Waals surface area contributed by atoms with Gasteiger partial charge in [0.1, 0.15) is 54.9 Å². The second-order valence-corrected chi connectivity index (χ2v) is 16.3. The van der Waals surface area contributed by atoms with E-state index in [-0.39, 0.29) is 12.8 Å². The van der Waals surface area contributed by atoms with Gasteiger partial charge in [0.2, 0.25) is 35.4 Å². The number of hydrogen-bond donors (Lipinski definition) is 18. The number of nitrogens with one attached hydrogen (secondary N) is 7. The summed E-state index contributed by atoms with van der Waals surface area (Å²) in [7, 11) is 0. The topological polar surface area (TPSA) is 496 Å². The largest absolute Gasteiger partial charge is 0.481 e. The molecule has 69 heavy (non-hydrogen) atoms. The van der Waals surface area contributed by atoms with Gasteiger partial charge in [-0.05, 0) is 27.2 Å². The molecular formula is C39H67N7O23. The Morgan fingerprint density at radius 2 is 1.00 bits per heavy atom. The number of ether oxygens (including phenoxy) is 2. The average Bonchev–Trinajstić information content (AvgIpc) is 3.29. The second-order valence-electron chi connectivity index (χ2n) is 16.3. The van der Waals surface area contributed by atoms with Gasteiger partial charge in [0.25, 0.3) is 0 Å². The number of rotatable bonds is 34. The van der Waals surface area contributed by atoms with E-state index in [4.69, 9.17) is 24.8 Å². The fraction of sp³-hybridized carbons (Fsp3) is 0.744. The zero-order valence-electron chi connectivity index (χ0n) is 38.2. The first kappa shape index (κ1) is 63.3. The molecule has 30 heteroatoms. The first-order valence-corrected chi connectivity index (χ1v) is 21.3. The standard InChI is InChI=1S/C39H67N7O23/c1-39(2,3)69-32(61)7-6-27(55)42-13-28(56)43-14-29(57)44-15-30(58)46-20(18-68-38(67)40-9-8-31(59)60)21(49)10-19(37(66)45-12-23(51)34(63)36(65)25(53)17-48)4-5-26(54)41-11-22(50)33(62)35(64)24(52)16-47/h19-20,22-25,33-36,47-48,50-53,62-65H,4-18H2,1-3H3,(H,40,67)(H,41,54)(H,42,55)(H,43,56)(H,44,57)(H,45,66)(H,46,58)(H,59,60)/t19?,20?,22-,23-,24+,25+,33+,34+,35+,36+/m0/s1. The van der Waals surface area contributed by atoms with Crippen LogP contribution < -0.4 is 37.2 Å². The summed E-state index contributed by atoms with van der Waals surface area (Å²) in [6.45, 7) is -2.27. The molecule has 0 fully saturated rings. The normalized spacial score (nSPS) is 15.7. The first-order chi connectivity index (χ1) is 32.1. The van der Waals surface area contributed by atoms with Gasteiger partial charge >= 0.3 is 18.0 Å². The van der Waals surface area contributed by atoms with Crippen LogP contribution >= 0.6 is 0 Å². The van der Waals surface area contributed by atoms with Gasteiger partial charge in [0.05, 0.1) is 57.9 Å². The molecule has 7 amide bonds. The highest BCUT2D eigenvalue weighted by Gasteiger charge is 2.34. The molecule has 0 bridgehead atoms. The molecule has 0 saturated heterocycles. The molecule has 0 aliphatic rings. The van der Waals surface area contributed by atoms with Gasteiger partial charge in [-0.3, -0.25) is 43.2 Å². The number of ketones is 1. The molecular weight excluding hydrogens is 934 g/mol. The van der Waals surface area contributed by atoms with Crippen LogP contribution in [0.15, 0.2) is 0 Å². The lowest BCUT2D eigenvalue weighted by Crippen LogP contribution is -2.51. The van der Waals surface area contributed by atoms with Crippen molar-refractivity contribution in [2.45, 2.75) is 120 Å². The number of alkyl carbamates (subject to hydrolysis) is 1. The second kappa shape index (κ2) is 32.9. The third-order valence-corrected chi connectivity index (χ3v) is 9.21. The Hall–Kier alpha value is -5.70. The summed E-state index contributed by atoms with van der Waals surface area (Å²) in [5.41, 5.74) is -0.771. The number of esters is 1. The fourth-order valence-corrected chi connectivity index (χ4v) is 5.34. The van der Waals surface area contributed by atoms with E-state index in [2.05, 4.69) is 37.2 Å². The van der Waals surface area contributed by atoms with Crippen LogP contribution in [-0.2, 0) is 52.6 Å². The minimum atomic E-state index is -2.14. The van der Waals surface area contributed by atoms with Crippen LogP contribution in [0.1, 0.15) is 59.3 Å². The SMILES string of the molecule is CC(C)(C)OC(=O)CCC(=O)NCC(=O)NCC(=O)NCC(=O)NC(COC(=O)NCCC(=O)O)C(=O)CC(CCC(=O)NC[C@H](O)[C@@H](O)[C@H](O)[C@H](O)CO)C(=O)NC[C@H](O)[C@@H](O)[C@H](O)[C@H](O)CO. The van der Waals surface area contributed by atoms with Gasteiger partial charge in [-0.1, -0.05) is 0 Å². The number of carboxylic acid groups (broad SMARTS) is 1. The van der Waals surface area contributed by atoms with E-state index in [0.29, 0.717) is 0 Å². The molecule has 18 N–H and O–H groups in total. The van der Waals surface area contributed by atoms with E-state index in [0.717, 1.165) is 0 Å². The molecule has 0 aromatic rings. The highest BCUT2D eigenvalue weighted by Crippen LogP contribution is 2.16. The van der Waals surface area contributed by atoms with Crippen molar-refractivity contribution in [3.63, 3.8) is 0 Å². The molecule has 0 heterocycles. The summed E-state index contributed by atoms with van der Waals surface area (Å²) in [5, 5.41) is 121. The number of aliphatic hydroxyl groups is 10. The Kier molecular flexibility index (Phi) is 30.2. The summed E-state index contributed by atoms with van der Waals surface area (Å²) in [6, 6.07) is -1.83. The van der Waals surface area contributed by atoms with Crippen molar-refractivity contribution in [3.8, 4) is 0 Å². The molecule has 0 spiro atoms. The molecule has 0 aromatic carbocycles. The van der Waals surface area contributed by atoms with Crippen LogP contribution in [0.5, 0.6) is 0 Å². The Balaban J connectivity index is 5.96. The zero-order chi connectivity index (χ0) is 53.0. The van der Waals surface area contributed by atoms with Crippen LogP contribution in [0.4, 0.5) is 4.79 Å². The summed E-state index contributed by atoms with van der Waals surface area (Å²) in [4.78, 5) is 124. The summed E-state index contributed by atoms with van der Waals surface area (Å²) >= 11 is 0. The van der Waals surface area contributed by atoms with E-state index < -0.39 is 210 Å². The van der Waals surface area contributed by atoms with Crippen LogP contribution in [0.3, 0.4) is 0 Å². The quantitative estimate of drug-likeness (QED) is 0.0266. The number of carbonyl (C=O) groups is 10. The van der Waals surface area contributed by atoms with E-state index in [9.17, 15) is 88.8 Å². The lowest BCUT2D eigenvalue weighted by atomic mass is 9.92. The molecule has 0 rings (SSSR count). The Labute approximate surface area is 394 Å². The average molecular weight is 1000 g/mol. The number of aliphatic hydroxyl groups excluding tert-OH is 10.